The molecule has 1 aromatic carbocycles. The number of nitrogens with zero attached hydrogens (tertiary/aromatic N) is 3. The smallest absolute Gasteiger partial charge is 0.270 e. The number of carbonyl (C=O) groups excluding carboxylic acids is 2. The molecule has 0 spiro atoms. The van der Waals surface area contributed by atoms with Gasteiger partial charge in [-0.2, -0.15) is 0 Å². The van der Waals surface area contributed by atoms with Crippen LogP contribution in [0.15, 0.2) is 30.5 Å². The molecule has 0 saturated heterocycles. The summed E-state index contributed by atoms with van der Waals surface area (Å²) in [6, 6.07) is 5.55. The summed E-state index contributed by atoms with van der Waals surface area (Å²) >= 11 is 1.36. The first-order valence-electron chi connectivity index (χ1n) is 7.72. The molecule has 2 amide bonds. The summed E-state index contributed by atoms with van der Waals surface area (Å²) in [4.78, 5) is 41.8. The normalized spacial score (nSPS) is 13.3. The van der Waals surface area contributed by atoms with Crippen LogP contribution in [0.4, 0.5) is 10.8 Å². The van der Waals surface area contributed by atoms with E-state index in [1.165, 1.54) is 40.5 Å². The first kappa shape index (κ1) is 17.0. The van der Waals surface area contributed by atoms with Crippen molar-refractivity contribution in [3.63, 3.8) is 0 Å². The molecule has 9 heteroatoms. The van der Waals surface area contributed by atoms with Crippen molar-refractivity contribution in [1.29, 1.82) is 0 Å². The molecule has 1 aliphatic rings. The Balaban J connectivity index is 1.72. The Morgan fingerprint density at radius 1 is 1.44 bits per heavy atom. The number of thiazole rings is 1. The number of anilines is 1. The highest BCUT2D eigenvalue weighted by Crippen LogP contribution is 2.29. The third-order valence-electron chi connectivity index (χ3n) is 3.73. The standard InChI is InChI=1S/C16H16N4O4S/c1-10-8-17-16(25-10)18-14(21)9-19(12-5-6-12)15(22)11-3-2-4-13(7-11)20(23)24/h2-4,7-8,12H,5-6,9H2,1H3,(H,17,18,21). The maximum atomic E-state index is 12.7. The lowest BCUT2D eigenvalue weighted by Gasteiger charge is -2.21. The minimum atomic E-state index is -0.546. The van der Waals surface area contributed by atoms with Crippen LogP contribution in [0.3, 0.4) is 0 Å². The SMILES string of the molecule is Cc1cnc(NC(=O)CN(C(=O)c2cccc([N+](=O)[O-])c2)C2CC2)s1. The number of hydrogen-bond acceptors (Lipinski definition) is 6. The van der Waals surface area contributed by atoms with Crippen LogP contribution in [0.2, 0.25) is 0 Å². The lowest BCUT2D eigenvalue weighted by atomic mass is 10.1. The van der Waals surface area contributed by atoms with Crippen molar-refractivity contribution >= 4 is 34.0 Å². The molecule has 2 aromatic rings. The largest absolute Gasteiger partial charge is 0.326 e. The fourth-order valence-corrected chi connectivity index (χ4v) is 3.08. The summed E-state index contributed by atoms with van der Waals surface area (Å²) in [5.74, 6) is -0.711. The number of amides is 2. The zero-order valence-electron chi connectivity index (χ0n) is 13.5. The van der Waals surface area contributed by atoms with Gasteiger partial charge in [0.25, 0.3) is 11.6 Å². The van der Waals surface area contributed by atoms with Gasteiger partial charge in [0, 0.05) is 34.8 Å². The highest BCUT2D eigenvalue weighted by atomic mass is 32.1. The number of carbonyl (C=O) groups is 2. The van der Waals surface area contributed by atoms with Crippen molar-refractivity contribution < 1.29 is 14.5 Å². The van der Waals surface area contributed by atoms with E-state index >= 15 is 0 Å². The average molecular weight is 360 g/mol. The number of nitrogens with one attached hydrogen (secondary N) is 1. The van der Waals surface area contributed by atoms with Gasteiger partial charge in [0.1, 0.15) is 6.54 Å². The van der Waals surface area contributed by atoms with Gasteiger partial charge in [0.15, 0.2) is 5.13 Å². The van der Waals surface area contributed by atoms with Gasteiger partial charge >= 0.3 is 0 Å². The van der Waals surface area contributed by atoms with E-state index in [0.29, 0.717) is 5.13 Å². The average Bonchev–Trinajstić information content (AvgIpc) is 3.35. The number of aromatic nitrogens is 1. The molecular weight excluding hydrogens is 344 g/mol. The van der Waals surface area contributed by atoms with Crippen molar-refractivity contribution in [1.82, 2.24) is 9.88 Å². The van der Waals surface area contributed by atoms with Crippen molar-refractivity contribution in [2.24, 2.45) is 0 Å². The molecule has 1 fully saturated rings. The number of nitro groups is 1. The number of nitro benzene ring substituents is 1. The zero-order chi connectivity index (χ0) is 18.0. The second-order valence-corrected chi connectivity index (χ2v) is 7.03. The Bertz CT molecular complexity index is 831. The maximum Gasteiger partial charge on any atom is 0.270 e. The molecule has 0 radical (unpaired) electrons. The number of non-ortho nitro benzene ring substituents is 1. The third-order valence-corrected chi connectivity index (χ3v) is 4.56. The first-order chi connectivity index (χ1) is 11.9. The van der Waals surface area contributed by atoms with Gasteiger partial charge in [-0.25, -0.2) is 4.98 Å². The molecule has 1 heterocycles. The van der Waals surface area contributed by atoms with Gasteiger partial charge in [-0.3, -0.25) is 19.7 Å². The topological polar surface area (TPSA) is 105 Å². The predicted octanol–water partition coefficient (Wildman–Crippen LogP) is 2.60. The van der Waals surface area contributed by atoms with E-state index in [1.807, 2.05) is 6.92 Å². The number of rotatable bonds is 6. The van der Waals surface area contributed by atoms with Crippen LogP contribution in [-0.2, 0) is 4.79 Å². The zero-order valence-corrected chi connectivity index (χ0v) is 14.3. The Hall–Kier alpha value is -2.81. The van der Waals surface area contributed by atoms with Gasteiger partial charge < -0.3 is 10.2 Å². The minimum Gasteiger partial charge on any atom is -0.326 e. The van der Waals surface area contributed by atoms with Gasteiger partial charge in [0.2, 0.25) is 5.91 Å². The Morgan fingerprint density at radius 2 is 2.20 bits per heavy atom. The van der Waals surface area contributed by atoms with E-state index in [1.54, 1.807) is 6.20 Å². The van der Waals surface area contributed by atoms with Gasteiger partial charge in [0.05, 0.1) is 4.92 Å². The Morgan fingerprint density at radius 3 is 2.80 bits per heavy atom. The summed E-state index contributed by atoms with van der Waals surface area (Å²) < 4.78 is 0. The van der Waals surface area contributed by atoms with E-state index in [4.69, 9.17) is 0 Å². The third kappa shape index (κ3) is 4.18. The fourth-order valence-electron chi connectivity index (χ4n) is 2.40. The molecule has 0 atom stereocenters. The van der Waals surface area contributed by atoms with E-state index in [9.17, 15) is 19.7 Å². The quantitative estimate of drug-likeness (QED) is 0.630. The Kier molecular flexibility index (Phi) is 4.75. The molecule has 25 heavy (non-hydrogen) atoms. The molecule has 1 N–H and O–H groups in total. The summed E-state index contributed by atoms with van der Waals surface area (Å²) in [5, 5.41) is 14.1. The lowest BCUT2D eigenvalue weighted by Crippen LogP contribution is -2.39. The van der Waals surface area contributed by atoms with Gasteiger partial charge in [-0.1, -0.05) is 6.07 Å². The summed E-state index contributed by atoms with van der Waals surface area (Å²) in [6.45, 7) is 1.78. The molecule has 0 bridgehead atoms. The second-order valence-electron chi connectivity index (χ2n) is 5.80. The number of hydrogen-bond donors (Lipinski definition) is 1. The molecule has 8 nitrogen and oxygen atoms in total. The summed E-state index contributed by atoms with van der Waals surface area (Å²) in [5.41, 5.74) is 0.0586. The van der Waals surface area contributed by atoms with Crippen LogP contribution in [0.1, 0.15) is 28.1 Å². The van der Waals surface area contributed by atoms with Gasteiger partial charge in [-0.05, 0) is 25.8 Å². The van der Waals surface area contributed by atoms with Crippen LogP contribution >= 0.6 is 11.3 Å². The van der Waals surface area contributed by atoms with Crippen molar-refractivity contribution in [2.75, 3.05) is 11.9 Å². The van der Waals surface area contributed by atoms with Crippen LogP contribution in [0, 0.1) is 17.0 Å². The number of benzene rings is 1. The van der Waals surface area contributed by atoms with Crippen molar-refractivity contribution in [3.8, 4) is 0 Å². The predicted molar refractivity (Wildman–Crippen MR) is 92.6 cm³/mol. The molecule has 1 saturated carbocycles. The maximum absolute atomic E-state index is 12.7. The van der Waals surface area contributed by atoms with Crippen LogP contribution < -0.4 is 5.32 Å². The highest BCUT2D eigenvalue weighted by Gasteiger charge is 2.34. The van der Waals surface area contributed by atoms with Crippen molar-refractivity contribution in [2.45, 2.75) is 25.8 Å². The van der Waals surface area contributed by atoms with Crippen LogP contribution in [0.5, 0.6) is 0 Å². The van der Waals surface area contributed by atoms with Crippen LogP contribution in [-0.4, -0.2) is 39.2 Å². The summed E-state index contributed by atoms with van der Waals surface area (Å²) in [6.07, 6.45) is 3.31. The lowest BCUT2D eigenvalue weighted by molar-refractivity contribution is -0.384. The fraction of sp³-hybridized carbons (Fsp3) is 0.312. The van der Waals surface area contributed by atoms with E-state index in [-0.39, 0.29) is 35.7 Å². The van der Waals surface area contributed by atoms with Crippen molar-refractivity contribution in [3.05, 3.63) is 51.0 Å². The Labute approximate surface area is 147 Å². The first-order valence-corrected chi connectivity index (χ1v) is 8.53. The molecule has 130 valence electrons. The second kappa shape index (κ2) is 6.98. The van der Waals surface area contributed by atoms with E-state index < -0.39 is 4.92 Å². The number of aryl methyl sites for hydroxylation is 1. The van der Waals surface area contributed by atoms with E-state index in [2.05, 4.69) is 10.3 Å². The monoisotopic (exact) mass is 360 g/mol. The molecule has 3 rings (SSSR count). The molecule has 1 aromatic heterocycles. The van der Waals surface area contributed by atoms with E-state index in [0.717, 1.165) is 17.7 Å². The summed E-state index contributed by atoms with van der Waals surface area (Å²) in [7, 11) is 0. The molecule has 0 aliphatic heterocycles. The molecule has 0 unspecified atom stereocenters. The molecular formula is C16H16N4O4S. The minimum absolute atomic E-state index is 0.00413. The highest BCUT2D eigenvalue weighted by molar-refractivity contribution is 7.15. The van der Waals surface area contributed by atoms with Crippen LogP contribution in [0.25, 0.3) is 0 Å². The molecule has 1 aliphatic carbocycles. The van der Waals surface area contributed by atoms with Gasteiger partial charge in [-0.15, -0.1) is 11.3 Å².